The summed E-state index contributed by atoms with van der Waals surface area (Å²) in [6.45, 7) is 1.86. The number of hydrogen-bond acceptors (Lipinski definition) is 5. The molecule has 0 heterocycles. The second-order valence-corrected chi connectivity index (χ2v) is 9.29. The van der Waals surface area contributed by atoms with Crippen LogP contribution in [0.3, 0.4) is 0 Å². The molecule has 0 saturated carbocycles. The van der Waals surface area contributed by atoms with Crippen LogP contribution < -0.4 is 20.5 Å². The van der Waals surface area contributed by atoms with Gasteiger partial charge in [0.05, 0.1) is 10.6 Å². The monoisotopic (exact) mass is 426 g/mol. The van der Waals surface area contributed by atoms with Gasteiger partial charge in [0.2, 0.25) is 20.0 Å². The van der Waals surface area contributed by atoms with Crippen LogP contribution in [0.2, 0.25) is 0 Å². The molecular formula is C17H22N4O5S2. The highest BCUT2D eigenvalue weighted by Crippen LogP contribution is 2.15. The Bertz CT molecular complexity index is 1040. The molecular weight excluding hydrogens is 404 g/mol. The Morgan fingerprint density at radius 3 is 2.25 bits per heavy atom. The van der Waals surface area contributed by atoms with Crippen LogP contribution in [0.4, 0.5) is 16.2 Å². The number of benzene rings is 2. The minimum Gasteiger partial charge on any atom is -0.337 e. The largest absolute Gasteiger partial charge is 0.337 e. The van der Waals surface area contributed by atoms with Crippen LogP contribution in [-0.2, 0) is 26.5 Å². The van der Waals surface area contributed by atoms with Crippen molar-refractivity contribution in [1.29, 1.82) is 0 Å². The van der Waals surface area contributed by atoms with Crippen LogP contribution in [-0.4, -0.2) is 35.2 Å². The summed E-state index contributed by atoms with van der Waals surface area (Å²) in [7, 11) is -7.59. The highest BCUT2D eigenvalue weighted by Gasteiger charge is 2.13. The minimum atomic E-state index is -3.85. The molecule has 0 aromatic heterocycles. The van der Waals surface area contributed by atoms with Gasteiger partial charge in [-0.05, 0) is 42.3 Å². The van der Waals surface area contributed by atoms with Gasteiger partial charge in [0.15, 0.2) is 0 Å². The smallest absolute Gasteiger partial charge is 0.319 e. The fourth-order valence-electron chi connectivity index (χ4n) is 2.36. The zero-order valence-corrected chi connectivity index (χ0v) is 16.8. The van der Waals surface area contributed by atoms with Crippen molar-refractivity contribution in [1.82, 2.24) is 5.32 Å². The number of carbonyl (C=O) groups is 1. The molecule has 2 aromatic rings. The predicted octanol–water partition coefficient (Wildman–Crippen LogP) is 1.46. The van der Waals surface area contributed by atoms with Gasteiger partial charge in [-0.1, -0.05) is 25.1 Å². The van der Waals surface area contributed by atoms with Gasteiger partial charge in [0, 0.05) is 17.9 Å². The Kier molecular flexibility index (Phi) is 7.00. The van der Waals surface area contributed by atoms with Gasteiger partial charge in [-0.15, -0.1) is 0 Å². The maximum atomic E-state index is 12.1. The second kappa shape index (κ2) is 9.04. The number of hydrogen-bond donors (Lipinski definition) is 4. The number of anilines is 2. The van der Waals surface area contributed by atoms with Crippen LogP contribution in [0.15, 0.2) is 53.4 Å². The number of urea groups is 1. The summed E-state index contributed by atoms with van der Waals surface area (Å²) < 4.78 is 48.9. The highest BCUT2D eigenvalue weighted by molar-refractivity contribution is 7.92. The first-order valence-electron chi connectivity index (χ1n) is 8.37. The number of nitrogens with two attached hydrogens (primary N) is 1. The van der Waals surface area contributed by atoms with Crippen LogP contribution in [0, 0.1) is 0 Å². The molecule has 0 aliphatic carbocycles. The lowest BCUT2D eigenvalue weighted by Crippen LogP contribution is -2.34. The number of rotatable bonds is 8. The Morgan fingerprint density at radius 2 is 1.64 bits per heavy atom. The van der Waals surface area contributed by atoms with Crippen molar-refractivity contribution in [2.45, 2.75) is 18.2 Å². The molecule has 0 bridgehead atoms. The van der Waals surface area contributed by atoms with Crippen LogP contribution >= 0.6 is 0 Å². The van der Waals surface area contributed by atoms with Gasteiger partial charge in [-0.25, -0.2) is 26.8 Å². The molecule has 0 unspecified atom stereocenters. The molecule has 28 heavy (non-hydrogen) atoms. The average molecular weight is 427 g/mol. The van der Waals surface area contributed by atoms with Crippen molar-refractivity contribution >= 4 is 37.5 Å². The number of aryl methyl sites for hydroxylation is 1. The maximum absolute atomic E-state index is 12.1. The van der Waals surface area contributed by atoms with Gasteiger partial charge < -0.3 is 10.6 Å². The molecule has 0 spiro atoms. The lowest BCUT2D eigenvalue weighted by atomic mass is 10.1. The zero-order valence-electron chi connectivity index (χ0n) is 15.2. The van der Waals surface area contributed by atoms with E-state index in [4.69, 9.17) is 5.14 Å². The number of nitrogens with one attached hydrogen (secondary N) is 3. The summed E-state index contributed by atoms with van der Waals surface area (Å²) in [4.78, 5) is 11.8. The Labute approximate surface area is 164 Å². The van der Waals surface area contributed by atoms with Crippen molar-refractivity contribution in [3.8, 4) is 0 Å². The Morgan fingerprint density at radius 1 is 1.00 bits per heavy atom. The summed E-state index contributed by atoms with van der Waals surface area (Å²) in [6, 6.07) is 11.8. The number of primary sulfonamides is 1. The molecule has 0 radical (unpaired) electrons. The van der Waals surface area contributed by atoms with Crippen molar-refractivity contribution in [3.05, 3.63) is 54.1 Å². The molecule has 0 saturated heterocycles. The zero-order chi connectivity index (χ0) is 20.8. The molecule has 11 heteroatoms. The number of para-hydroxylation sites is 1. The standard InChI is InChI=1S/C17H22N4O5S2/c1-2-13-5-3-4-6-16(13)20-17(22)19-11-12-27(23,24)21-14-7-9-15(10-8-14)28(18,25)26/h3-10,21H,2,11-12H2,1H3,(H2,18,25,26)(H2,19,20,22). The quantitative estimate of drug-likeness (QED) is 0.504. The third-order valence-electron chi connectivity index (χ3n) is 3.76. The molecule has 9 nitrogen and oxygen atoms in total. The lowest BCUT2D eigenvalue weighted by Gasteiger charge is -2.12. The van der Waals surface area contributed by atoms with Gasteiger partial charge in [0.25, 0.3) is 0 Å². The van der Waals surface area contributed by atoms with Crippen molar-refractivity contribution in [2.24, 2.45) is 5.14 Å². The molecule has 0 fully saturated rings. The third kappa shape index (κ3) is 6.51. The summed E-state index contributed by atoms with van der Waals surface area (Å²) in [6.07, 6.45) is 0.749. The molecule has 5 N–H and O–H groups in total. The van der Waals surface area contributed by atoms with E-state index in [1.54, 1.807) is 12.1 Å². The Hall–Kier alpha value is -2.63. The average Bonchev–Trinajstić information content (AvgIpc) is 2.61. The van der Waals surface area contributed by atoms with Crippen molar-refractivity contribution < 1.29 is 21.6 Å². The van der Waals surface area contributed by atoms with E-state index in [1.165, 1.54) is 24.3 Å². The maximum Gasteiger partial charge on any atom is 0.319 e. The van der Waals surface area contributed by atoms with Gasteiger partial charge in [-0.2, -0.15) is 0 Å². The Balaban J connectivity index is 1.87. The number of carbonyl (C=O) groups excluding carboxylic acids is 1. The number of amides is 2. The summed E-state index contributed by atoms with van der Waals surface area (Å²) in [5.74, 6) is -0.354. The van der Waals surface area contributed by atoms with Gasteiger partial charge in [0.1, 0.15) is 0 Å². The predicted molar refractivity (Wildman–Crippen MR) is 108 cm³/mol. The summed E-state index contributed by atoms with van der Waals surface area (Å²) >= 11 is 0. The van der Waals surface area contributed by atoms with Crippen LogP contribution in [0.1, 0.15) is 12.5 Å². The van der Waals surface area contributed by atoms with Gasteiger partial charge in [-0.3, -0.25) is 4.72 Å². The van der Waals surface area contributed by atoms with E-state index in [0.717, 1.165) is 12.0 Å². The molecule has 2 rings (SSSR count). The SMILES string of the molecule is CCc1ccccc1NC(=O)NCCS(=O)(=O)Nc1ccc(S(N)(=O)=O)cc1. The topological polar surface area (TPSA) is 147 Å². The van der Waals surface area contributed by atoms with Gasteiger partial charge >= 0.3 is 6.03 Å². The van der Waals surface area contributed by atoms with Crippen LogP contribution in [0.5, 0.6) is 0 Å². The van der Waals surface area contributed by atoms with E-state index in [2.05, 4.69) is 15.4 Å². The fraction of sp³-hybridized carbons (Fsp3) is 0.235. The van der Waals surface area contributed by atoms with E-state index >= 15 is 0 Å². The van der Waals surface area contributed by atoms with E-state index < -0.39 is 26.1 Å². The second-order valence-electron chi connectivity index (χ2n) is 5.88. The first kappa shape index (κ1) is 21.7. The van der Waals surface area contributed by atoms with E-state index in [-0.39, 0.29) is 22.9 Å². The molecule has 2 aromatic carbocycles. The number of sulfonamides is 2. The summed E-state index contributed by atoms with van der Waals surface area (Å²) in [5.41, 5.74) is 1.82. The third-order valence-corrected chi connectivity index (χ3v) is 5.98. The van der Waals surface area contributed by atoms with Crippen molar-refractivity contribution in [3.63, 3.8) is 0 Å². The fourth-order valence-corrected chi connectivity index (χ4v) is 3.84. The minimum absolute atomic E-state index is 0.106. The first-order chi connectivity index (χ1) is 13.1. The molecule has 2 amide bonds. The highest BCUT2D eigenvalue weighted by atomic mass is 32.2. The van der Waals surface area contributed by atoms with Crippen molar-refractivity contribution in [2.75, 3.05) is 22.3 Å². The normalized spacial score (nSPS) is 11.6. The molecule has 0 aliphatic heterocycles. The first-order valence-corrected chi connectivity index (χ1v) is 11.6. The van der Waals surface area contributed by atoms with E-state index in [0.29, 0.717) is 5.69 Å². The van der Waals surface area contributed by atoms with E-state index in [9.17, 15) is 21.6 Å². The van der Waals surface area contributed by atoms with Crippen LogP contribution in [0.25, 0.3) is 0 Å². The summed E-state index contributed by atoms with van der Waals surface area (Å²) in [5, 5.41) is 10.2. The lowest BCUT2D eigenvalue weighted by molar-refractivity contribution is 0.252. The van der Waals surface area contributed by atoms with E-state index in [1.807, 2.05) is 19.1 Å². The molecule has 0 aliphatic rings. The molecule has 0 atom stereocenters. The molecule has 152 valence electrons.